The van der Waals surface area contributed by atoms with Crippen molar-refractivity contribution in [2.75, 3.05) is 10.6 Å². The van der Waals surface area contributed by atoms with Crippen LogP contribution < -0.4 is 5.32 Å². The maximum atomic E-state index is 12.1. The molecule has 1 rings (SSSR count). The van der Waals surface area contributed by atoms with E-state index in [2.05, 4.69) is 21.2 Å². The van der Waals surface area contributed by atoms with E-state index in [0.29, 0.717) is 22.3 Å². The Morgan fingerprint density at radius 1 is 1.56 bits per heavy atom. The Morgan fingerprint density at radius 3 is 2.75 bits per heavy atom. The molecule has 1 amide bonds. The first-order chi connectivity index (χ1) is 7.52. The highest BCUT2D eigenvalue weighted by Gasteiger charge is 2.09. The summed E-state index contributed by atoms with van der Waals surface area (Å²) in [4.78, 5) is 11.4. The van der Waals surface area contributed by atoms with Gasteiger partial charge in [-0.25, -0.2) is 0 Å². The number of halogens is 4. The Labute approximate surface area is 109 Å². The average Bonchev–Trinajstić information content (AvgIpc) is 2.21. The van der Waals surface area contributed by atoms with Crippen LogP contribution in [0.2, 0.25) is 5.02 Å². The van der Waals surface area contributed by atoms with Crippen LogP contribution in [0.4, 0.5) is 14.5 Å². The highest BCUT2D eigenvalue weighted by Crippen LogP contribution is 2.31. The summed E-state index contributed by atoms with van der Waals surface area (Å²) < 4.78 is 24.1. The topological polar surface area (TPSA) is 29.1 Å². The van der Waals surface area contributed by atoms with Crippen LogP contribution in [0.15, 0.2) is 23.1 Å². The number of anilines is 1. The molecule has 2 nitrogen and oxygen atoms in total. The lowest BCUT2D eigenvalue weighted by Crippen LogP contribution is -2.12. The van der Waals surface area contributed by atoms with Crippen LogP contribution in [0.1, 0.15) is 0 Å². The maximum Gasteiger partial charge on any atom is 0.288 e. The number of carbonyl (C=O) groups is 1. The molecule has 1 N–H and O–H groups in total. The van der Waals surface area contributed by atoms with Crippen molar-refractivity contribution in [3.8, 4) is 0 Å². The van der Waals surface area contributed by atoms with E-state index in [1.807, 2.05) is 0 Å². The second-order valence-electron chi connectivity index (χ2n) is 2.70. The van der Waals surface area contributed by atoms with Gasteiger partial charge in [-0.05, 0) is 18.2 Å². The van der Waals surface area contributed by atoms with Crippen LogP contribution in [-0.2, 0) is 4.79 Å². The van der Waals surface area contributed by atoms with Crippen molar-refractivity contribution in [1.82, 2.24) is 0 Å². The van der Waals surface area contributed by atoms with Crippen molar-refractivity contribution < 1.29 is 13.6 Å². The molecule has 16 heavy (non-hydrogen) atoms. The summed E-state index contributed by atoms with van der Waals surface area (Å²) in [6, 6.07) is 4.36. The molecule has 0 aromatic heterocycles. The summed E-state index contributed by atoms with van der Waals surface area (Å²) in [6.45, 7) is 0. The molecule has 0 radical (unpaired) electrons. The quantitative estimate of drug-likeness (QED) is 0.668. The molecule has 0 saturated carbocycles. The van der Waals surface area contributed by atoms with Gasteiger partial charge in [-0.15, -0.1) is 0 Å². The average molecular weight is 331 g/mol. The molecule has 0 fully saturated rings. The van der Waals surface area contributed by atoms with E-state index in [1.165, 1.54) is 18.2 Å². The second kappa shape index (κ2) is 6.42. The minimum Gasteiger partial charge on any atom is -0.324 e. The fourth-order valence-corrected chi connectivity index (χ4v) is 1.93. The van der Waals surface area contributed by atoms with Gasteiger partial charge in [0.15, 0.2) is 0 Å². The molecular formula is C9H7BrClF2NOS. The number of nitrogens with one attached hydrogen (secondary N) is 1. The van der Waals surface area contributed by atoms with Crippen LogP contribution >= 0.6 is 39.3 Å². The van der Waals surface area contributed by atoms with E-state index >= 15 is 0 Å². The van der Waals surface area contributed by atoms with Crippen LogP contribution in [0.3, 0.4) is 0 Å². The van der Waals surface area contributed by atoms with Crippen LogP contribution in [0, 0.1) is 0 Å². The third-order valence-corrected chi connectivity index (χ3v) is 3.09. The standard InChI is InChI=1S/C9H7BrClF2NOS/c10-4-8(15)14-7-2-1-5(3-6(7)11)16-9(12)13/h1-3,9H,4H2,(H,14,15). The molecule has 0 bridgehead atoms. The van der Waals surface area contributed by atoms with Gasteiger partial charge < -0.3 is 5.32 Å². The number of benzene rings is 1. The number of alkyl halides is 3. The predicted molar refractivity (Wildman–Crippen MR) is 65.7 cm³/mol. The van der Waals surface area contributed by atoms with Gasteiger partial charge >= 0.3 is 0 Å². The lowest BCUT2D eigenvalue weighted by molar-refractivity contribution is -0.113. The van der Waals surface area contributed by atoms with Gasteiger partial charge in [0.2, 0.25) is 5.91 Å². The van der Waals surface area contributed by atoms with Crippen molar-refractivity contribution in [2.24, 2.45) is 0 Å². The van der Waals surface area contributed by atoms with E-state index < -0.39 is 5.76 Å². The highest BCUT2D eigenvalue weighted by molar-refractivity contribution is 9.09. The fourth-order valence-electron chi connectivity index (χ4n) is 0.957. The summed E-state index contributed by atoms with van der Waals surface area (Å²) in [5, 5.41) is 2.91. The van der Waals surface area contributed by atoms with Gasteiger partial charge in [-0.1, -0.05) is 39.3 Å². The summed E-state index contributed by atoms with van der Waals surface area (Å²) in [6.07, 6.45) is 0. The summed E-state index contributed by atoms with van der Waals surface area (Å²) in [7, 11) is 0. The van der Waals surface area contributed by atoms with Crippen molar-refractivity contribution >= 4 is 50.9 Å². The highest BCUT2D eigenvalue weighted by atomic mass is 79.9. The third kappa shape index (κ3) is 4.27. The first-order valence-corrected chi connectivity index (χ1v) is 6.51. The van der Waals surface area contributed by atoms with Gasteiger partial charge in [-0.3, -0.25) is 4.79 Å². The Morgan fingerprint density at radius 2 is 2.25 bits per heavy atom. The van der Waals surface area contributed by atoms with Crippen molar-refractivity contribution in [1.29, 1.82) is 0 Å². The zero-order valence-electron chi connectivity index (χ0n) is 7.84. The fraction of sp³-hybridized carbons (Fsp3) is 0.222. The van der Waals surface area contributed by atoms with Gasteiger partial charge in [0.05, 0.1) is 16.0 Å². The Kier molecular flexibility index (Phi) is 5.51. The molecule has 1 aromatic rings. The smallest absolute Gasteiger partial charge is 0.288 e. The number of hydrogen-bond acceptors (Lipinski definition) is 2. The Hall–Kier alpha value is -0.330. The number of amides is 1. The number of thioether (sulfide) groups is 1. The molecular weight excluding hydrogens is 324 g/mol. The van der Waals surface area contributed by atoms with Crippen LogP contribution in [0.25, 0.3) is 0 Å². The molecule has 0 spiro atoms. The zero-order valence-corrected chi connectivity index (χ0v) is 11.0. The minimum atomic E-state index is -2.49. The van der Waals surface area contributed by atoms with Gasteiger partial charge in [0.25, 0.3) is 5.76 Å². The number of rotatable bonds is 4. The van der Waals surface area contributed by atoms with E-state index in [9.17, 15) is 13.6 Å². The van der Waals surface area contributed by atoms with E-state index in [1.54, 1.807) is 0 Å². The minimum absolute atomic E-state index is 0.150. The molecule has 0 aliphatic heterocycles. The summed E-state index contributed by atoms with van der Waals surface area (Å²) >= 11 is 9.22. The molecule has 0 atom stereocenters. The first kappa shape index (κ1) is 13.7. The lowest BCUT2D eigenvalue weighted by Gasteiger charge is -2.07. The van der Waals surface area contributed by atoms with Crippen LogP contribution in [0.5, 0.6) is 0 Å². The predicted octanol–water partition coefficient (Wildman–Crippen LogP) is 3.99. The van der Waals surface area contributed by atoms with Gasteiger partial charge in [0.1, 0.15) is 0 Å². The van der Waals surface area contributed by atoms with Crippen molar-refractivity contribution in [2.45, 2.75) is 10.7 Å². The molecule has 7 heteroatoms. The van der Waals surface area contributed by atoms with Crippen molar-refractivity contribution in [3.63, 3.8) is 0 Å². The van der Waals surface area contributed by atoms with E-state index in [-0.39, 0.29) is 16.3 Å². The summed E-state index contributed by atoms with van der Waals surface area (Å²) in [5.41, 5.74) is 0.407. The number of carbonyl (C=O) groups excluding carboxylic acids is 1. The lowest BCUT2D eigenvalue weighted by atomic mass is 10.3. The van der Waals surface area contributed by atoms with Crippen LogP contribution in [-0.4, -0.2) is 17.0 Å². The molecule has 88 valence electrons. The molecule has 0 aliphatic rings. The molecule has 1 aromatic carbocycles. The van der Waals surface area contributed by atoms with E-state index in [0.717, 1.165) is 0 Å². The van der Waals surface area contributed by atoms with Gasteiger partial charge in [-0.2, -0.15) is 8.78 Å². The van der Waals surface area contributed by atoms with Gasteiger partial charge in [0, 0.05) is 4.90 Å². The van der Waals surface area contributed by atoms with Crippen molar-refractivity contribution in [3.05, 3.63) is 23.2 Å². The Bertz CT molecular complexity index is 392. The first-order valence-electron chi connectivity index (χ1n) is 4.13. The number of hydrogen-bond donors (Lipinski definition) is 1. The molecule has 0 unspecified atom stereocenters. The monoisotopic (exact) mass is 329 g/mol. The van der Waals surface area contributed by atoms with E-state index in [4.69, 9.17) is 11.6 Å². The zero-order chi connectivity index (χ0) is 12.1. The second-order valence-corrected chi connectivity index (χ2v) is 4.73. The summed E-state index contributed by atoms with van der Waals surface area (Å²) in [5.74, 6) is -2.74. The molecule has 0 saturated heterocycles. The maximum absolute atomic E-state index is 12.1. The third-order valence-electron chi connectivity index (χ3n) is 1.56. The normalized spacial score (nSPS) is 10.6. The largest absolute Gasteiger partial charge is 0.324 e. The molecule has 0 heterocycles. The Balaban J connectivity index is 2.79. The SMILES string of the molecule is O=C(CBr)Nc1ccc(SC(F)F)cc1Cl. The molecule has 0 aliphatic carbocycles.